The van der Waals surface area contributed by atoms with Gasteiger partial charge in [0, 0.05) is 11.1 Å². The highest BCUT2D eigenvalue weighted by molar-refractivity contribution is 7.06. The van der Waals surface area contributed by atoms with Crippen molar-refractivity contribution in [2.75, 3.05) is 0 Å². The van der Waals surface area contributed by atoms with E-state index in [0.717, 1.165) is 5.92 Å². The normalized spacial score (nSPS) is 18.3. The van der Waals surface area contributed by atoms with Crippen LogP contribution in [0.15, 0.2) is 6.20 Å². The van der Waals surface area contributed by atoms with Gasteiger partial charge in [-0.2, -0.15) is 0 Å². The first-order chi connectivity index (χ1) is 4.38. The van der Waals surface area contributed by atoms with Gasteiger partial charge in [0.1, 0.15) is 0 Å². The molecule has 1 aliphatic rings. The fraction of sp³-hybridized carbons (Fsp3) is 0.571. The molecule has 0 aliphatic heterocycles. The van der Waals surface area contributed by atoms with Crippen LogP contribution in [0.25, 0.3) is 0 Å². The predicted molar refractivity (Wildman–Crippen MR) is 38.8 cm³/mol. The molecule has 0 N–H and O–H groups in total. The highest BCUT2D eigenvalue weighted by Gasteiger charge is 2.26. The third-order valence-electron chi connectivity index (χ3n) is 1.73. The average molecular weight is 139 g/mol. The first-order valence-electron chi connectivity index (χ1n) is 3.29. The molecule has 1 aromatic rings. The van der Waals surface area contributed by atoms with Crippen LogP contribution in [0.3, 0.4) is 0 Å². The number of hydrogen-bond donors (Lipinski definition) is 0. The summed E-state index contributed by atoms with van der Waals surface area (Å²) in [5.41, 5.74) is 1.39. The van der Waals surface area contributed by atoms with E-state index in [4.69, 9.17) is 0 Å². The summed E-state index contributed by atoms with van der Waals surface area (Å²) in [5.74, 6) is 0.887. The third kappa shape index (κ3) is 0.874. The Kier molecular flexibility index (Phi) is 1.09. The minimum atomic E-state index is 0.887. The molecule has 1 aliphatic carbocycles. The number of nitrogens with zero attached hydrogens (tertiary/aromatic N) is 1. The lowest BCUT2D eigenvalue weighted by Crippen LogP contribution is -1.72. The van der Waals surface area contributed by atoms with Crippen LogP contribution < -0.4 is 0 Å². The third-order valence-corrected chi connectivity index (χ3v) is 2.80. The fourth-order valence-corrected chi connectivity index (χ4v) is 1.95. The van der Waals surface area contributed by atoms with Gasteiger partial charge in [-0.05, 0) is 42.8 Å². The zero-order valence-electron chi connectivity index (χ0n) is 5.42. The van der Waals surface area contributed by atoms with Crippen LogP contribution >= 0.6 is 11.5 Å². The van der Waals surface area contributed by atoms with Gasteiger partial charge in [0.25, 0.3) is 0 Å². The van der Waals surface area contributed by atoms with E-state index in [9.17, 15) is 0 Å². The lowest BCUT2D eigenvalue weighted by Gasteiger charge is -1.88. The Balaban J connectivity index is 2.35. The molecule has 0 amide bonds. The number of hydrogen-bond acceptors (Lipinski definition) is 2. The van der Waals surface area contributed by atoms with Crippen LogP contribution in [0, 0.1) is 6.92 Å². The molecule has 2 rings (SSSR count). The van der Waals surface area contributed by atoms with Gasteiger partial charge in [-0.25, -0.2) is 4.37 Å². The molecular weight excluding hydrogens is 130 g/mol. The first kappa shape index (κ1) is 5.42. The minimum absolute atomic E-state index is 0.887. The summed E-state index contributed by atoms with van der Waals surface area (Å²) in [5, 5.41) is 0. The maximum atomic E-state index is 4.12. The van der Waals surface area contributed by atoms with Crippen LogP contribution in [0.5, 0.6) is 0 Å². The highest BCUT2D eigenvalue weighted by atomic mass is 32.1. The second-order valence-corrected chi connectivity index (χ2v) is 3.48. The largest absolute Gasteiger partial charge is 0.201 e. The molecule has 1 nitrogen and oxygen atoms in total. The van der Waals surface area contributed by atoms with Crippen molar-refractivity contribution in [3.8, 4) is 0 Å². The lowest BCUT2D eigenvalue weighted by atomic mass is 10.2. The van der Waals surface area contributed by atoms with Crippen LogP contribution in [-0.2, 0) is 0 Å². The Bertz CT molecular complexity index is 212. The molecule has 0 unspecified atom stereocenters. The zero-order chi connectivity index (χ0) is 6.27. The van der Waals surface area contributed by atoms with Crippen molar-refractivity contribution < 1.29 is 0 Å². The summed E-state index contributed by atoms with van der Waals surface area (Å²) in [6.07, 6.45) is 4.75. The Hall–Kier alpha value is -0.370. The molecule has 1 heterocycles. The van der Waals surface area contributed by atoms with E-state index in [1.54, 1.807) is 11.5 Å². The molecule has 0 spiro atoms. The van der Waals surface area contributed by atoms with Crippen LogP contribution in [0.2, 0.25) is 0 Å². The summed E-state index contributed by atoms with van der Waals surface area (Å²) in [6.45, 7) is 2.15. The summed E-state index contributed by atoms with van der Waals surface area (Å²) in [7, 11) is 0. The molecule has 9 heavy (non-hydrogen) atoms. The topological polar surface area (TPSA) is 12.9 Å². The second kappa shape index (κ2) is 1.81. The SMILES string of the molecule is Cc1cnsc1C1CC1. The molecular formula is C7H9NS. The van der Waals surface area contributed by atoms with Gasteiger partial charge >= 0.3 is 0 Å². The number of aryl methyl sites for hydroxylation is 1. The van der Waals surface area contributed by atoms with E-state index >= 15 is 0 Å². The van der Waals surface area contributed by atoms with Crippen molar-refractivity contribution in [1.82, 2.24) is 4.37 Å². The van der Waals surface area contributed by atoms with E-state index in [1.807, 2.05) is 6.20 Å². The molecule has 0 aromatic carbocycles. The molecule has 1 aromatic heterocycles. The summed E-state index contributed by atoms with van der Waals surface area (Å²) < 4.78 is 4.12. The van der Waals surface area contributed by atoms with Gasteiger partial charge in [0.15, 0.2) is 0 Å². The van der Waals surface area contributed by atoms with Crippen molar-refractivity contribution in [3.05, 3.63) is 16.6 Å². The van der Waals surface area contributed by atoms with E-state index in [1.165, 1.54) is 23.3 Å². The van der Waals surface area contributed by atoms with Crippen molar-refractivity contribution in [2.24, 2.45) is 0 Å². The second-order valence-electron chi connectivity index (χ2n) is 2.65. The van der Waals surface area contributed by atoms with Gasteiger partial charge in [-0.3, -0.25) is 0 Å². The Morgan fingerprint density at radius 3 is 2.89 bits per heavy atom. The van der Waals surface area contributed by atoms with Gasteiger partial charge in [0.2, 0.25) is 0 Å². The fourth-order valence-electron chi connectivity index (χ4n) is 1.04. The van der Waals surface area contributed by atoms with Crippen molar-refractivity contribution in [3.63, 3.8) is 0 Å². The Morgan fingerprint density at radius 1 is 1.67 bits per heavy atom. The maximum absolute atomic E-state index is 4.12. The standard InChI is InChI=1S/C7H9NS/c1-5-4-8-9-7(5)6-2-3-6/h4,6H,2-3H2,1H3. The monoisotopic (exact) mass is 139 g/mol. The Morgan fingerprint density at radius 2 is 2.44 bits per heavy atom. The molecule has 0 radical (unpaired) electrons. The van der Waals surface area contributed by atoms with Gasteiger partial charge in [-0.1, -0.05) is 0 Å². The predicted octanol–water partition coefficient (Wildman–Crippen LogP) is 2.33. The van der Waals surface area contributed by atoms with Crippen LogP contribution in [0.4, 0.5) is 0 Å². The Labute approximate surface area is 58.9 Å². The molecule has 2 heteroatoms. The van der Waals surface area contributed by atoms with Gasteiger partial charge in [0.05, 0.1) is 0 Å². The summed E-state index contributed by atoms with van der Waals surface area (Å²) >= 11 is 1.67. The van der Waals surface area contributed by atoms with Crippen molar-refractivity contribution in [1.29, 1.82) is 0 Å². The quantitative estimate of drug-likeness (QED) is 0.582. The zero-order valence-corrected chi connectivity index (χ0v) is 6.24. The highest BCUT2D eigenvalue weighted by Crippen LogP contribution is 2.43. The van der Waals surface area contributed by atoms with E-state index in [0.29, 0.717) is 0 Å². The number of aromatic nitrogens is 1. The van der Waals surface area contributed by atoms with E-state index < -0.39 is 0 Å². The minimum Gasteiger partial charge on any atom is -0.201 e. The lowest BCUT2D eigenvalue weighted by molar-refractivity contribution is 1.15. The molecule has 0 atom stereocenters. The molecule has 48 valence electrons. The summed E-state index contributed by atoms with van der Waals surface area (Å²) in [6, 6.07) is 0. The van der Waals surface area contributed by atoms with Crippen LogP contribution in [-0.4, -0.2) is 4.37 Å². The van der Waals surface area contributed by atoms with Crippen molar-refractivity contribution >= 4 is 11.5 Å². The summed E-state index contributed by atoms with van der Waals surface area (Å²) in [4.78, 5) is 1.52. The number of rotatable bonds is 1. The molecule has 0 saturated heterocycles. The van der Waals surface area contributed by atoms with Crippen molar-refractivity contribution in [2.45, 2.75) is 25.7 Å². The van der Waals surface area contributed by atoms with Crippen LogP contribution in [0.1, 0.15) is 29.2 Å². The van der Waals surface area contributed by atoms with E-state index in [-0.39, 0.29) is 0 Å². The van der Waals surface area contributed by atoms with E-state index in [2.05, 4.69) is 11.3 Å². The maximum Gasteiger partial charge on any atom is 0.0439 e. The molecule has 1 fully saturated rings. The molecule has 1 saturated carbocycles. The van der Waals surface area contributed by atoms with Gasteiger partial charge < -0.3 is 0 Å². The average Bonchev–Trinajstić information content (AvgIpc) is 2.58. The molecule has 0 bridgehead atoms. The smallest absolute Gasteiger partial charge is 0.0439 e. The first-order valence-corrected chi connectivity index (χ1v) is 4.06. The van der Waals surface area contributed by atoms with Gasteiger partial charge in [-0.15, -0.1) is 0 Å².